The summed E-state index contributed by atoms with van der Waals surface area (Å²) >= 11 is 0. The predicted octanol–water partition coefficient (Wildman–Crippen LogP) is 2.80. The van der Waals surface area contributed by atoms with Crippen LogP contribution in [0.3, 0.4) is 0 Å². The lowest BCUT2D eigenvalue weighted by atomic mass is 9.89. The first kappa shape index (κ1) is 13.5. The summed E-state index contributed by atoms with van der Waals surface area (Å²) in [5.74, 6) is 1.18. The molecular formula is C15H23FN2. The number of piperidine rings is 1. The Labute approximate surface area is 109 Å². The third-order valence-electron chi connectivity index (χ3n) is 3.83. The van der Waals surface area contributed by atoms with Crippen molar-refractivity contribution in [1.29, 1.82) is 0 Å². The van der Waals surface area contributed by atoms with Crippen molar-refractivity contribution in [2.75, 3.05) is 19.6 Å². The zero-order chi connectivity index (χ0) is 13.1. The van der Waals surface area contributed by atoms with Crippen LogP contribution < -0.4 is 5.73 Å². The molecule has 1 unspecified atom stereocenters. The number of halogens is 1. The van der Waals surface area contributed by atoms with Crippen LogP contribution in [0.5, 0.6) is 0 Å². The molecule has 100 valence electrons. The molecule has 0 bridgehead atoms. The maximum absolute atomic E-state index is 13.9. The molecule has 1 fully saturated rings. The molecule has 1 aliphatic heterocycles. The number of rotatable bonds is 3. The maximum atomic E-state index is 13.9. The van der Waals surface area contributed by atoms with Gasteiger partial charge in [0.1, 0.15) is 5.82 Å². The van der Waals surface area contributed by atoms with E-state index < -0.39 is 0 Å². The smallest absolute Gasteiger partial charge is 0.128 e. The van der Waals surface area contributed by atoms with Crippen LogP contribution in [0.1, 0.15) is 31.9 Å². The van der Waals surface area contributed by atoms with Gasteiger partial charge in [0.25, 0.3) is 0 Å². The largest absolute Gasteiger partial charge is 0.329 e. The van der Waals surface area contributed by atoms with Gasteiger partial charge in [0.05, 0.1) is 0 Å². The summed E-state index contributed by atoms with van der Waals surface area (Å²) in [7, 11) is 0. The summed E-state index contributed by atoms with van der Waals surface area (Å²) in [5, 5.41) is 0. The Morgan fingerprint density at radius 1 is 1.28 bits per heavy atom. The molecule has 0 spiro atoms. The molecule has 1 aromatic carbocycles. The van der Waals surface area contributed by atoms with E-state index in [1.807, 2.05) is 12.1 Å². The number of hydrogen-bond donors (Lipinski definition) is 1. The van der Waals surface area contributed by atoms with Crippen molar-refractivity contribution in [3.8, 4) is 0 Å². The average Bonchev–Trinajstić information content (AvgIpc) is 2.31. The van der Waals surface area contributed by atoms with Crippen LogP contribution in [-0.2, 0) is 0 Å². The molecule has 0 saturated carbocycles. The minimum absolute atomic E-state index is 0.0106. The molecule has 3 heteroatoms. The Morgan fingerprint density at radius 2 is 1.89 bits per heavy atom. The van der Waals surface area contributed by atoms with Gasteiger partial charge in [0.15, 0.2) is 0 Å². The van der Waals surface area contributed by atoms with Crippen molar-refractivity contribution in [3.63, 3.8) is 0 Å². The third-order valence-corrected chi connectivity index (χ3v) is 3.83. The van der Waals surface area contributed by atoms with Gasteiger partial charge < -0.3 is 5.73 Å². The summed E-state index contributed by atoms with van der Waals surface area (Å²) < 4.78 is 13.9. The van der Waals surface area contributed by atoms with E-state index in [0.717, 1.165) is 18.7 Å². The first-order chi connectivity index (χ1) is 8.61. The molecule has 1 saturated heterocycles. The minimum Gasteiger partial charge on any atom is -0.329 e. The molecular weight excluding hydrogens is 227 g/mol. The number of benzene rings is 1. The van der Waals surface area contributed by atoms with E-state index in [2.05, 4.69) is 18.7 Å². The topological polar surface area (TPSA) is 29.3 Å². The van der Waals surface area contributed by atoms with Crippen LogP contribution in [0.2, 0.25) is 0 Å². The molecule has 2 rings (SSSR count). The van der Waals surface area contributed by atoms with Crippen molar-refractivity contribution in [1.82, 2.24) is 4.90 Å². The monoisotopic (exact) mass is 250 g/mol. The molecule has 0 aromatic heterocycles. The highest BCUT2D eigenvalue weighted by molar-refractivity contribution is 5.22. The van der Waals surface area contributed by atoms with Gasteiger partial charge in [0.2, 0.25) is 0 Å². The van der Waals surface area contributed by atoms with Gasteiger partial charge in [-0.15, -0.1) is 0 Å². The Hall–Kier alpha value is -0.930. The van der Waals surface area contributed by atoms with Crippen LogP contribution in [0.4, 0.5) is 4.39 Å². The van der Waals surface area contributed by atoms with Gasteiger partial charge >= 0.3 is 0 Å². The molecule has 0 amide bonds. The highest BCUT2D eigenvalue weighted by Gasteiger charge is 2.28. The Kier molecular flexibility index (Phi) is 4.36. The van der Waals surface area contributed by atoms with Crippen LogP contribution in [0.25, 0.3) is 0 Å². The van der Waals surface area contributed by atoms with E-state index in [4.69, 9.17) is 5.73 Å². The van der Waals surface area contributed by atoms with Crippen molar-refractivity contribution >= 4 is 0 Å². The van der Waals surface area contributed by atoms with Crippen LogP contribution in [-0.4, -0.2) is 24.5 Å². The van der Waals surface area contributed by atoms with E-state index in [0.29, 0.717) is 18.4 Å². The lowest BCUT2D eigenvalue weighted by molar-refractivity contribution is 0.0967. The zero-order valence-corrected chi connectivity index (χ0v) is 11.3. The van der Waals surface area contributed by atoms with E-state index >= 15 is 0 Å². The zero-order valence-electron chi connectivity index (χ0n) is 11.3. The summed E-state index contributed by atoms with van der Waals surface area (Å²) in [5.41, 5.74) is 6.62. The summed E-state index contributed by atoms with van der Waals surface area (Å²) in [6.07, 6.45) is 1.26. The van der Waals surface area contributed by atoms with Gasteiger partial charge in [-0.05, 0) is 24.3 Å². The Bertz CT molecular complexity index is 384. The number of hydrogen-bond acceptors (Lipinski definition) is 2. The summed E-state index contributed by atoms with van der Waals surface area (Å²) in [6.45, 7) is 7.02. The van der Waals surface area contributed by atoms with Crippen molar-refractivity contribution in [2.45, 2.75) is 26.3 Å². The summed E-state index contributed by atoms with van der Waals surface area (Å²) in [6, 6.07) is 7.01. The second kappa shape index (κ2) is 5.81. The first-order valence-corrected chi connectivity index (χ1v) is 6.80. The fourth-order valence-corrected chi connectivity index (χ4v) is 3.18. The lowest BCUT2D eigenvalue weighted by Crippen LogP contribution is -2.43. The molecule has 0 aliphatic carbocycles. The average molecular weight is 250 g/mol. The first-order valence-electron chi connectivity index (χ1n) is 6.80. The van der Waals surface area contributed by atoms with Crippen LogP contribution in [0, 0.1) is 17.7 Å². The van der Waals surface area contributed by atoms with E-state index in [1.165, 1.54) is 12.5 Å². The molecule has 1 heterocycles. The quantitative estimate of drug-likeness (QED) is 0.894. The predicted molar refractivity (Wildman–Crippen MR) is 72.7 cm³/mol. The van der Waals surface area contributed by atoms with E-state index in [9.17, 15) is 4.39 Å². The number of nitrogens with zero attached hydrogens (tertiary/aromatic N) is 1. The maximum Gasteiger partial charge on any atom is 0.128 e. The van der Waals surface area contributed by atoms with E-state index in [1.54, 1.807) is 6.07 Å². The molecule has 3 atom stereocenters. The highest BCUT2D eigenvalue weighted by atomic mass is 19.1. The Morgan fingerprint density at radius 3 is 2.44 bits per heavy atom. The lowest BCUT2D eigenvalue weighted by Gasteiger charge is -2.40. The summed E-state index contributed by atoms with van der Waals surface area (Å²) in [4.78, 5) is 2.34. The second-order valence-corrected chi connectivity index (χ2v) is 5.67. The number of likely N-dealkylation sites (tertiary alicyclic amines) is 1. The molecule has 1 aliphatic rings. The minimum atomic E-state index is -0.140. The van der Waals surface area contributed by atoms with Crippen molar-refractivity contribution in [3.05, 3.63) is 35.6 Å². The fourth-order valence-electron chi connectivity index (χ4n) is 3.18. The molecule has 0 radical (unpaired) electrons. The third kappa shape index (κ3) is 2.90. The molecule has 18 heavy (non-hydrogen) atoms. The van der Waals surface area contributed by atoms with Crippen LogP contribution >= 0.6 is 0 Å². The Balaban J connectivity index is 2.20. The fraction of sp³-hybridized carbons (Fsp3) is 0.600. The van der Waals surface area contributed by atoms with Gasteiger partial charge in [-0.2, -0.15) is 0 Å². The van der Waals surface area contributed by atoms with Gasteiger partial charge in [-0.25, -0.2) is 4.39 Å². The second-order valence-electron chi connectivity index (χ2n) is 5.67. The number of nitrogens with two attached hydrogens (primary N) is 1. The van der Waals surface area contributed by atoms with Gasteiger partial charge in [-0.3, -0.25) is 4.90 Å². The van der Waals surface area contributed by atoms with Gasteiger partial charge in [0, 0.05) is 31.2 Å². The molecule has 2 N–H and O–H groups in total. The molecule has 2 nitrogen and oxygen atoms in total. The van der Waals surface area contributed by atoms with Crippen molar-refractivity contribution in [2.24, 2.45) is 17.6 Å². The molecule has 1 aromatic rings. The SMILES string of the molecule is C[C@@H]1C[C@H](C)CN(C(CN)c2ccccc2F)C1. The normalized spacial score (nSPS) is 27.1. The standard InChI is InChI=1S/C15H23FN2/c1-11-7-12(2)10-18(9-11)15(8-17)13-5-3-4-6-14(13)16/h3-6,11-12,15H,7-10,17H2,1-2H3/t11-,12+,15?. The van der Waals surface area contributed by atoms with Crippen LogP contribution in [0.15, 0.2) is 24.3 Å². The highest BCUT2D eigenvalue weighted by Crippen LogP contribution is 2.29. The van der Waals surface area contributed by atoms with E-state index in [-0.39, 0.29) is 11.9 Å². The van der Waals surface area contributed by atoms with Gasteiger partial charge in [-0.1, -0.05) is 32.0 Å². The van der Waals surface area contributed by atoms with Crippen molar-refractivity contribution < 1.29 is 4.39 Å².